The van der Waals surface area contributed by atoms with Crippen LogP contribution in [-0.2, 0) is 4.79 Å². The molecule has 1 aromatic rings. The van der Waals surface area contributed by atoms with Crippen molar-refractivity contribution >= 4 is 27.9 Å². The quantitative estimate of drug-likeness (QED) is 0.873. The van der Waals surface area contributed by atoms with Crippen LogP contribution in [0, 0.1) is 0 Å². The van der Waals surface area contributed by atoms with Gasteiger partial charge in [0, 0.05) is 10.5 Å². The molecule has 1 rings (SSSR count). The third-order valence-corrected chi connectivity index (χ3v) is 2.32. The Labute approximate surface area is 103 Å². The van der Waals surface area contributed by atoms with Crippen molar-refractivity contribution in [3.63, 3.8) is 0 Å². The third kappa shape index (κ3) is 4.90. The number of nitrogens with two attached hydrogens (primary N) is 1. The fourth-order valence-corrected chi connectivity index (χ4v) is 1.50. The number of hydrogen-bond acceptors (Lipinski definition) is 2. The maximum Gasteiger partial charge on any atom is 0.573 e. The average Bonchev–Trinajstić information content (AvgIpc) is 2.13. The van der Waals surface area contributed by atoms with Gasteiger partial charge in [0.25, 0.3) is 0 Å². The van der Waals surface area contributed by atoms with Gasteiger partial charge in [-0.05, 0) is 23.8 Å². The molecule has 0 heterocycles. The van der Waals surface area contributed by atoms with E-state index in [-0.39, 0.29) is 5.75 Å². The molecule has 0 radical (unpaired) electrons. The number of benzene rings is 1. The summed E-state index contributed by atoms with van der Waals surface area (Å²) in [5.41, 5.74) is 5.40. The highest BCUT2D eigenvalue weighted by Crippen LogP contribution is 2.28. The van der Waals surface area contributed by atoms with E-state index in [0.717, 1.165) is 18.2 Å². The van der Waals surface area contributed by atoms with Gasteiger partial charge in [0.1, 0.15) is 5.75 Å². The summed E-state index contributed by atoms with van der Waals surface area (Å²) in [6.07, 6.45) is -2.25. The summed E-state index contributed by atoms with van der Waals surface area (Å²) in [7, 11) is 0. The molecule has 92 valence electrons. The molecule has 3 nitrogen and oxygen atoms in total. The fourth-order valence-electron chi connectivity index (χ4n) is 1.01. The zero-order valence-corrected chi connectivity index (χ0v) is 9.88. The molecule has 0 fully saturated rings. The van der Waals surface area contributed by atoms with E-state index in [1.54, 1.807) is 0 Å². The Morgan fingerprint density at radius 1 is 1.41 bits per heavy atom. The van der Waals surface area contributed by atoms with E-state index in [2.05, 4.69) is 20.7 Å². The predicted octanol–water partition coefficient (Wildman–Crippen LogP) is 2.85. The molecule has 0 saturated heterocycles. The molecule has 0 spiro atoms. The number of amides is 1. The Kier molecular flexibility index (Phi) is 4.17. The molecular weight excluding hydrogens is 303 g/mol. The molecule has 17 heavy (non-hydrogen) atoms. The van der Waals surface area contributed by atoms with Crippen LogP contribution in [-0.4, -0.2) is 12.3 Å². The Morgan fingerprint density at radius 3 is 2.53 bits per heavy atom. The van der Waals surface area contributed by atoms with Crippen molar-refractivity contribution in [3.05, 3.63) is 34.3 Å². The molecule has 0 aliphatic rings. The van der Waals surface area contributed by atoms with Crippen LogP contribution >= 0.6 is 15.9 Å². The van der Waals surface area contributed by atoms with Crippen LogP contribution in [0.2, 0.25) is 0 Å². The van der Waals surface area contributed by atoms with Crippen LogP contribution < -0.4 is 10.5 Å². The van der Waals surface area contributed by atoms with Crippen LogP contribution in [0.3, 0.4) is 0 Å². The fraction of sp³-hybridized carbons (Fsp3) is 0.100. The first-order valence-electron chi connectivity index (χ1n) is 4.31. The number of primary amides is 1. The Balaban J connectivity index is 2.90. The standard InChI is InChI=1S/C10H7BrF3NO2/c11-8-5-7(17-10(12,13)14)3-1-6(8)2-4-9(15)16/h1-5H,(H2,15,16). The molecule has 7 heteroatoms. The van der Waals surface area contributed by atoms with Crippen molar-refractivity contribution < 1.29 is 22.7 Å². The summed E-state index contributed by atoms with van der Waals surface area (Å²) in [4.78, 5) is 10.5. The molecule has 2 N–H and O–H groups in total. The number of alkyl halides is 3. The molecule has 0 aromatic heterocycles. The Hall–Kier alpha value is -1.50. The number of carbonyl (C=O) groups excluding carboxylic acids is 1. The molecule has 0 unspecified atom stereocenters. The van der Waals surface area contributed by atoms with Crippen LogP contribution in [0.4, 0.5) is 13.2 Å². The van der Waals surface area contributed by atoms with E-state index >= 15 is 0 Å². The molecular formula is C10H7BrF3NO2. The molecule has 1 amide bonds. The van der Waals surface area contributed by atoms with Gasteiger partial charge in [-0.3, -0.25) is 4.79 Å². The lowest BCUT2D eigenvalue weighted by Crippen LogP contribution is -2.17. The third-order valence-electron chi connectivity index (χ3n) is 1.63. The lowest BCUT2D eigenvalue weighted by Gasteiger charge is -2.09. The number of hydrogen-bond donors (Lipinski definition) is 1. The summed E-state index contributed by atoms with van der Waals surface area (Å²) < 4.78 is 39.8. The van der Waals surface area contributed by atoms with E-state index in [1.165, 1.54) is 12.1 Å². The normalized spacial score (nSPS) is 11.8. The predicted molar refractivity (Wildman–Crippen MR) is 59.1 cm³/mol. The minimum absolute atomic E-state index is 0.347. The second-order valence-corrected chi connectivity index (χ2v) is 3.82. The SMILES string of the molecule is NC(=O)C=Cc1ccc(OC(F)(F)F)cc1Br. The van der Waals surface area contributed by atoms with Crippen molar-refractivity contribution in [2.75, 3.05) is 0 Å². The van der Waals surface area contributed by atoms with Crippen LogP contribution in [0.1, 0.15) is 5.56 Å². The first-order valence-corrected chi connectivity index (χ1v) is 5.10. The number of carbonyl (C=O) groups is 1. The summed E-state index contributed by atoms with van der Waals surface area (Å²) in [6, 6.07) is 3.65. The summed E-state index contributed by atoms with van der Waals surface area (Å²) in [5.74, 6) is -0.992. The zero-order valence-electron chi connectivity index (χ0n) is 8.29. The first-order chi connectivity index (χ1) is 7.78. The van der Waals surface area contributed by atoms with E-state index in [1.807, 2.05) is 0 Å². The van der Waals surface area contributed by atoms with Crippen molar-refractivity contribution in [2.24, 2.45) is 5.73 Å². The minimum Gasteiger partial charge on any atom is -0.406 e. The molecule has 0 aliphatic heterocycles. The maximum atomic E-state index is 11.9. The van der Waals surface area contributed by atoms with Crippen LogP contribution in [0.15, 0.2) is 28.7 Å². The highest BCUT2D eigenvalue weighted by Gasteiger charge is 2.31. The van der Waals surface area contributed by atoms with Gasteiger partial charge in [0.05, 0.1) is 0 Å². The van der Waals surface area contributed by atoms with E-state index in [9.17, 15) is 18.0 Å². The number of ether oxygens (including phenoxy) is 1. The van der Waals surface area contributed by atoms with Gasteiger partial charge in [-0.15, -0.1) is 13.2 Å². The number of rotatable bonds is 3. The lowest BCUT2D eigenvalue weighted by atomic mass is 10.2. The number of halogens is 4. The molecule has 0 aliphatic carbocycles. The Morgan fingerprint density at radius 2 is 2.06 bits per heavy atom. The average molecular weight is 310 g/mol. The lowest BCUT2D eigenvalue weighted by molar-refractivity contribution is -0.274. The minimum atomic E-state index is -4.73. The topological polar surface area (TPSA) is 52.3 Å². The van der Waals surface area contributed by atoms with E-state index in [0.29, 0.717) is 10.0 Å². The van der Waals surface area contributed by atoms with Crippen molar-refractivity contribution in [3.8, 4) is 5.75 Å². The Bertz CT molecular complexity index is 457. The highest BCUT2D eigenvalue weighted by atomic mass is 79.9. The first kappa shape index (κ1) is 13.6. The van der Waals surface area contributed by atoms with Gasteiger partial charge in [-0.2, -0.15) is 0 Å². The largest absolute Gasteiger partial charge is 0.573 e. The molecule has 0 bridgehead atoms. The van der Waals surface area contributed by atoms with Gasteiger partial charge in [-0.1, -0.05) is 22.0 Å². The van der Waals surface area contributed by atoms with Crippen molar-refractivity contribution in [1.29, 1.82) is 0 Å². The molecule has 0 atom stereocenters. The van der Waals surface area contributed by atoms with E-state index in [4.69, 9.17) is 5.73 Å². The van der Waals surface area contributed by atoms with Gasteiger partial charge >= 0.3 is 6.36 Å². The summed E-state index contributed by atoms with van der Waals surface area (Å²) >= 11 is 3.05. The van der Waals surface area contributed by atoms with Gasteiger partial charge in [0.2, 0.25) is 5.91 Å². The molecule has 0 saturated carbocycles. The van der Waals surface area contributed by atoms with Crippen molar-refractivity contribution in [1.82, 2.24) is 0 Å². The zero-order chi connectivity index (χ0) is 13.1. The smallest absolute Gasteiger partial charge is 0.406 e. The van der Waals surface area contributed by atoms with Gasteiger partial charge in [-0.25, -0.2) is 0 Å². The van der Waals surface area contributed by atoms with Gasteiger partial charge < -0.3 is 10.5 Å². The molecule has 1 aromatic carbocycles. The summed E-state index contributed by atoms with van der Waals surface area (Å²) in [6.45, 7) is 0. The highest BCUT2D eigenvalue weighted by molar-refractivity contribution is 9.10. The monoisotopic (exact) mass is 309 g/mol. The summed E-state index contributed by atoms with van der Waals surface area (Å²) in [5, 5.41) is 0. The van der Waals surface area contributed by atoms with Crippen LogP contribution in [0.5, 0.6) is 5.75 Å². The van der Waals surface area contributed by atoms with Crippen LogP contribution in [0.25, 0.3) is 6.08 Å². The second kappa shape index (κ2) is 5.22. The van der Waals surface area contributed by atoms with Crippen molar-refractivity contribution in [2.45, 2.75) is 6.36 Å². The van der Waals surface area contributed by atoms with Gasteiger partial charge in [0.15, 0.2) is 0 Å². The second-order valence-electron chi connectivity index (χ2n) is 2.97. The van der Waals surface area contributed by atoms with E-state index < -0.39 is 12.3 Å². The maximum absolute atomic E-state index is 11.9.